The van der Waals surface area contributed by atoms with Crippen LogP contribution in [0.5, 0.6) is 0 Å². The van der Waals surface area contributed by atoms with Crippen LogP contribution in [0.3, 0.4) is 0 Å². The lowest BCUT2D eigenvalue weighted by molar-refractivity contribution is -0.129. The van der Waals surface area contributed by atoms with Gasteiger partial charge < -0.3 is 4.90 Å². The monoisotopic (exact) mass is 326 g/mol. The van der Waals surface area contributed by atoms with E-state index in [1.54, 1.807) is 17.0 Å². The minimum Gasteiger partial charge on any atom is -0.344 e. The summed E-state index contributed by atoms with van der Waals surface area (Å²) in [5.74, 6) is -0.212. The number of carbonyl (C=O) groups is 1. The van der Waals surface area contributed by atoms with Crippen LogP contribution in [0.25, 0.3) is 0 Å². The van der Waals surface area contributed by atoms with Crippen molar-refractivity contribution in [2.75, 3.05) is 20.6 Å². The van der Waals surface area contributed by atoms with E-state index in [0.717, 1.165) is 18.5 Å². The Kier molecular flexibility index (Phi) is 4.95. The molecule has 0 spiro atoms. The molecular formula is C20H23FN2O. The molecule has 0 N–H and O–H groups in total. The van der Waals surface area contributed by atoms with E-state index in [-0.39, 0.29) is 11.7 Å². The highest BCUT2D eigenvalue weighted by atomic mass is 19.1. The van der Waals surface area contributed by atoms with Crippen LogP contribution < -0.4 is 0 Å². The minimum absolute atomic E-state index is 0.0638. The van der Waals surface area contributed by atoms with E-state index in [9.17, 15) is 9.18 Å². The first-order valence-electron chi connectivity index (χ1n) is 8.28. The summed E-state index contributed by atoms with van der Waals surface area (Å²) in [6.07, 6.45) is 1.27. The van der Waals surface area contributed by atoms with E-state index in [2.05, 4.69) is 36.2 Å². The van der Waals surface area contributed by atoms with Crippen molar-refractivity contribution in [2.24, 2.45) is 0 Å². The number of halogens is 1. The van der Waals surface area contributed by atoms with Crippen LogP contribution in [0.2, 0.25) is 0 Å². The maximum absolute atomic E-state index is 13.0. The number of fused-ring (bicyclic) bond motifs is 1. The fourth-order valence-electron chi connectivity index (χ4n) is 3.25. The van der Waals surface area contributed by atoms with E-state index in [0.29, 0.717) is 19.0 Å². The molecule has 0 aromatic heterocycles. The largest absolute Gasteiger partial charge is 0.344 e. The van der Waals surface area contributed by atoms with Crippen molar-refractivity contribution < 1.29 is 9.18 Å². The number of rotatable bonds is 4. The summed E-state index contributed by atoms with van der Waals surface area (Å²) in [5, 5.41) is 0. The van der Waals surface area contributed by atoms with Gasteiger partial charge in [-0.05, 0) is 42.3 Å². The molecular weight excluding hydrogens is 303 g/mol. The van der Waals surface area contributed by atoms with Crippen molar-refractivity contribution >= 4 is 5.91 Å². The number of likely N-dealkylation sites (N-methyl/N-ethyl adjacent to an activating group) is 2. The van der Waals surface area contributed by atoms with Crippen molar-refractivity contribution in [3.8, 4) is 0 Å². The highest BCUT2D eigenvalue weighted by Crippen LogP contribution is 2.22. The van der Waals surface area contributed by atoms with Gasteiger partial charge >= 0.3 is 0 Å². The fraction of sp³-hybridized carbons (Fsp3) is 0.350. The first-order chi connectivity index (χ1) is 11.5. The van der Waals surface area contributed by atoms with E-state index in [1.165, 1.54) is 23.3 Å². The average molecular weight is 326 g/mol. The summed E-state index contributed by atoms with van der Waals surface area (Å²) < 4.78 is 13.0. The van der Waals surface area contributed by atoms with Crippen LogP contribution in [-0.2, 0) is 24.2 Å². The molecule has 0 saturated heterocycles. The van der Waals surface area contributed by atoms with Crippen LogP contribution in [0.4, 0.5) is 4.39 Å². The van der Waals surface area contributed by atoms with Gasteiger partial charge in [0.1, 0.15) is 5.82 Å². The minimum atomic E-state index is -0.276. The van der Waals surface area contributed by atoms with Gasteiger partial charge in [-0.2, -0.15) is 0 Å². The van der Waals surface area contributed by atoms with E-state index in [4.69, 9.17) is 0 Å². The average Bonchev–Trinajstić information content (AvgIpc) is 2.57. The Labute approximate surface area is 142 Å². The van der Waals surface area contributed by atoms with Gasteiger partial charge in [0.05, 0.1) is 6.42 Å². The quantitative estimate of drug-likeness (QED) is 0.862. The molecule has 0 fully saturated rings. The molecule has 2 aromatic carbocycles. The zero-order valence-corrected chi connectivity index (χ0v) is 14.2. The van der Waals surface area contributed by atoms with Gasteiger partial charge in [-0.1, -0.05) is 36.4 Å². The number of benzene rings is 2. The van der Waals surface area contributed by atoms with Gasteiger partial charge in [0.15, 0.2) is 0 Å². The molecule has 0 bridgehead atoms. The normalized spacial score (nSPS) is 17.4. The molecule has 2 aromatic rings. The van der Waals surface area contributed by atoms with Crippen LogP contribution in [0.1, 0.15) is 16.7 Å². The van der Waals surface area contributed by atoms with Crippen molar-refractivity contribution in [3.63, 3.8) is 0 Å². The number of amides is 1. The maximum Gasteiger partial charge on any atom is 0.226 e. The van der Waals surface area contributed by atoms with Crippen LogP contribution in [0.15, 0.2) is 48.5 Å². The molecule has 4 heteroatoms. The lowest BCUT2D eigenvalue weighted by atomic mass is 9.94. The summed E-state index contributed by atoms with van der Waals surface area (Å²) in [4.78, 5) is 16.5. The molecule has 1 aliphatic heterocycles. The second-order valence-corrected chi connectivity index (χ2v) is 6.62. The summed E-state index contributed by atoms with van der Waals surface area (Å²) in [6, 6.07) is 15.0. The van der Waals surface area contributed by atoms with Crippen molar-refractivity contribution in [2.45, 2.75) is 25.4 Å². The Morgan fingerprint density at radius 3 is 2.54 bits per heavy atom. The number of hydrogen-bond acceptors (Lipinski definition) is 2. The van der Waals surface area contributed by atoms with Crippen LogP contribution in [0, 0.1) is 5.82 Å². The third-order valence-corrected chi connectivity index (χ3v) is 4.80. The van der Waals surface area contributed by atoms with Crippen LogP contribution in [-0.4, -0.2) is 42.4 Å². The lowest BCUT2D eigenvalue weighted by Crippen LogP contribution is -2.46. The van der Waals surface area contributed by atoms with Crippen molar-refractivity contribution in [1.29, 1.82) is 0 Å². The number of hydrogen-bond donors (Lipinski definition) is 0. The van der Waals surface area contributed by atoms with E-state index < -0.39 is 0 Å². The molecule has 0 unspecified atom stereocenters. The molecule has 0 aliphatic carbocycles. The first-order valence-corrected chi connectivity index (χ1v) is 8.28. The SMILES string of the molecule is CN(C[C@H]1Cc2ccccc2CN1C)C(=O)Cc1ccc(F)cc1. The maximum atomic E-state index is 13.0. The van der Waals surface area contributed by atoms with Gasteiger partial charge in [-0.25, -0.2) is 4.39 Å². The predicted molar refractivity (Wildman–Crippen MR) is 93.1 cm³/mol. The highest BCUT2D eigenvalue weighted by Gasteiger charge is 2.25. The fourth-order valence-corrected chi connectivity index (χ4v) is 3.25. The molecule has 1 heterocycles. The highest BCUT2D eigenvalue weighted by molar-refractivity contribution is 5.78. The Bertz CT molecular complexity index is 714. The molecule has 1 atom stereocenters. The summed E-state index contributed by atoms with van der Waals surface area (Å²) in [7, 11) is 3.96. The van der Waals surface area contributed by atoms with Crippen molar-refractivity contribution in [3.05, 3.63) is 71.0 Å². The summed E-state index contributed by atoms with van der Waals surface area (Å²) >= 11 is 0. The van der Waals surface area contributed by atoms with Gasteiger partial charge in [0, 0.05) is 26.2 Å². The molecule has 1 aliphatic rings. The predicted octanol–water partition coefficient (Wildman–Crippen LogP) is 2.88. The second kappa shape index (κ2) is 7.14. The Morgan fingerprint density at radius 1 is 1.17 bits per heavy atom. The smallest absolute Gasteiger partial charge is 0.226 e. The molecule has 3 rings (SSSR count). The van der Waals surface area contributed by atoms with Gasteiger partial charge in [0.25, 0.3) is 0 Å². The topological polar surface area (TPSA) is 23.6 Å². The Balaban J connectivity index is 1.61. The third-order valence-electron chi connectivity index (χ3n) is 4.80. The van der Waals surface area contributed by atoms with Gasteiger partial charge in [-0.15, -0.1) is 0 Å². The van der Waals surface area contributed by atoms with E-state index >= 15 is 0 Å². The lowest BCUT2D eigenvalue weighted by Gasteiger charge is -2.36. The van der Waals surface area contributed by atoms with Crippen molar-refractivity contribution in [1.82, 2.24) is 9.80 Å². The number of nitrogens with zero attached hydrogens (tertiary/aromatic N) is 2. The molecule has 1 amide bonds. The number of carbonyl (C=O) groups excluding carboxylic acids is 1. The van der Waals surface area contributed by atoms with E-state index in [1.807, 2.05) is 7.05 Å². The zero-order valence-electron chi connectivity index (χ0n) is 14.2. The first kappa shape index (κ1) is 16.7. The second-order valence-electron chi connectivity index (χ2n) is 6.62. The molecule has 0 radical (unpaired) electrons. The Hall–Kier alpha value is -2.20. The summed E-state index contributed by atoms with van der Waals surface area (Å²) in [5.41, 5.74) is 3.59. The van der Waals surface area contributed by atoms with Gasteiger partial charge in [-0.3, -0.25) is 9.69 Å². The Morgan fingerprint density at radius 2 is 1.83 bits per heavy atom. The van der Waals surface area contributed by atoms with Gasteiger partial charge in [0.2, 0.25) is 5.91 Å². The molecule has 24 heavy (non-hydrogen) atoms. The third kappa shape index (κ3) is 3.82. The van der Waals surface area contributed by atoms with Crippen LogP contribution >= 0.6 is 0 Å². The zero-order chi connectivity index (χ0) is 17.1. The molecule has 3 nitrogen and oxygen atoms in total. The summed E-state index contributed by atoms with van der Waals surface area (Å²) in [6.45, 7) is 1.62. The standard InChI is InChI=1S/C20H23FN2O/c1-22-13-17-6-4-3-5-16(17)12-19(22)14-23(2)20(24)11-15-7-9-18(21)10-8-15/h3-10,19H,11-14H2,1-2H3/t19-/m1/s1. The molecule has 0 saturated carbocycles. The molecule has 126 valence electrons.